The van der Waals surface area contributed by atoms with E-state index in [1.54, 1.807) is 19.1 Å². The summed E-state index contributed by atoms with van der Waals surface area (Å²) < 4.78 is 35.6. The van der Waals surface area contributed by atoms with Gasteiger partial charge in [0.2, 0.25) is 5.91 Å². The predicted molar refractivity (Wildman–Crippen MR) is 93.8 cm³/mol. The van der Waals surface area contributed by atoms with Gasteiger partial charge in [-0.05, 0) is 44.0 Å². The van der Waals surface area contributed by atoms with Crippen LogP contribution >= 0.6 is 0 Å². The van der Waals surface area contributed by atoms with E-state index in [1.165, 1.54) is 12.1 Å². The highest BCUT2D eigenvalue weighted by molar-refractivity contribution is 7.93. The number of ether oxygens (including phenoxy) is 2. The summed E-state index contributed by atoms with van der Waals surface area (Å²) in [6, 6.07) is 5.97. The van der Waals surface area contributed by atoms with Crippen molar-refractivity contribution in [3.05, 3.63) is 24.3 Å². The minimum atomic E-state index is -3.95. The monoisotopic (exact) mass is 365 g/mol. The third-order valence-electron chi connectivity index (χ3n) is 4.46. The summed E-state index contributed by atoms with van der Waals surface area (Å²) in [6.45, 7) is 4.01. The average molecular weight is 365 g/mol. The number of amides is 1. The second kappa shape index (κ2) is 7.89. The summed E-state index contributed by atoms with van der Waals surface area (Å²) in [4.78, 5) is 12.2. The van der Waals surface area contributed by atoms with Gasteiger partial charge in [0.1, 0.15) is 12.4 Å². The number of hydrogen-bond acceptors (Lipinski definition) is 5. The maximum absolute atomic E-state index is 13.2. The fraction of sp³-hybridized carbons (Fsp3) is 0.500. The van der Waals surface area contributed by atoms with Gasteiger partial charge in [-0.3, -0.25) is 4.79 Å². The third-order valence-corrected chi connectivity index (χ3v) is 6.95. The van der Waals surface area contributed by atoms with E-state index in [9.17, 15) is 13.2 Å². The number of rotatable bonds is 6. The molecule has 25 heavy (non-hydrogen) atoms. The van der Waals surface area contributed by atoms with Crippen LogP contribution in [0.1, 0.15) is 33.1 Å². The Kier molecular flexibility index (Phi) is 6.09. The molecular weight excluding hydrogens is 342 g/mol. The molecule has 1 aromatic carbocycles. The quantitative estimate of drug-likeness (QED) is 0.774. The van der Waals surface area contributed by atoms with Crippen LogP contribution in [0.5, 0.6) is 5.75 Å². The molecule has 6 nitrogen and oxygen atoms in total. The Bertz CT molecular complexity index is 776. The van der Waals surface area contributed by atoms with E-state index < -0.39 is 20.5 Å². The first-order valence-corrected chi connectivity index (χ1v) is 9.64. The Morgan fingerprint density at radius 1 is 1.40 bits per heavy atom. The molecule has 0 aromatic heterocycles. The Morgan fingerprint density at radius 2 is 2.08 bits per heavy atom. The molecular formula is C18H23NO5S. The van der Waals surface area contributed by atoms with Crippen molar-refractivity contribution in [2.24, 2.45) is 5.73 Å². The zero-order valence-electron chi connectivity index (χ0n) is 14.4. The van der Waals surface area contributed by atoms with E-state index in [4.69, 9.17) is 15.2 Å². The van der Waals surface area contributed by atoms with Crippen molar-refractivity contribution < 1.29 is 22.7 Å². The molecule has 1 fully saturated rings. The van der Waals surface area contributed by atoms with Gasteiger partial charge in [0, 0.05) is 13.0 Å². The molecule has 0 spiro atoms. The zero-order valence-corrected chi connectivity index (χ0v) is 15.3. The SMILES string of the molecule is CC#CCOc1ccc(S(=O)(=O)C2(C(N)=O)CCOC(CC)C2)cc1. The van der Waals surface area contributed by atoms with Crippen LogP contribution < -0.4 is 10.5 Å². The second-order valence-electron chi connectivity index (χ2n) is 5.90. The number of carbonyl (C=O) groups excluding carboxylic acids is 1. The molecule has 2 unspecified atom stereocenters. The van der Waals surface area contributed by atoms with Gasteiger partial charge < -0.3 is 15.2 Å². The van der Waals surface area contributed by atoms with E-state index in [2.05, 4.69) is 11.8 Å². The van der Waals surface area contributed by atoms with Crippen molar-refractivity contribution in [1.29, 1.82) is 0 Å². The summed E-state index contributed by atoms with van der Waals surface area (Å²) in [5, 5.41) is 0. The fourth-order valence-electron chi connectivity index (χ4n) is 2.91. The van der Waals surface area contributed by atoms with Crippen molar-refractivity contribution in [3.8, 4) is 17.6 Å². The van der Waals surface area contributed by atoms with Crippen molar-refractivity contribution in [1.82, 2.24) is 0 Å². The highest BCUT2D eigenvalue weighted by Crippen LogP contribution is 2.38. The molecule has 2 N–H and O–H groups in total. The van der Waals surface area contributed by atoms with E-state index in [1.807, 2.05) is 6.92 Å². The average Bonchev–Trinajstić information content (AvgIpc) is 2.62. The molecule has 7 heteroatoms. The molecule has 0 aliphatic carbocycles. The van der Waals surface area contributed by atoms with Gasteiger partial charge >= 0.3 is 0 Å². The Hall–Kier alpha value is -2.04. The van der Waals surface area contributed by atoms with E-state index in [-0.39, 0.29) is 37.1 Å². The van der Waals surface area contributed by atoms with Crippen LogP contribution in [-0.4, -0.2) is 38.4 Å². The van der Waals surface area contributed by atoms with Crippen LogP contribution in [0.25, 0.3) is 0 Å². The molecule has 1 aromatic rings. The highest BCUT2D eigenvalue weighted by Gasteiger charge is 2.53. The molecule has 1 aliphatic heterocycles. The van der Waals surface area contributed by atoms with Crippen LogP contribution in [0.4, 0.5) is 0 Å². The number of carbonyl (C=O) groups is 1. The summed E-state index contributed by atoms with van der Waals surface area (Å²) in [6.07, 6.45) is 0.457. The zero-order chi connectivity index (χ0) is 18.5. The molecule has 0 saturated carbocycles. The number of sulfone groups is 1. The highest BCUT2D eigenvalue weighted by atomic mass is 32.2. The van der Waals surface area contributed by atoms with Crippen molar-refractivity contribution in [3.63, 3.8) is 0 Å². The summed E-state index contributed by atoms with van der Waals surface area (Å²) in [5.74, 6) is 5.15. The van der Waals surface area contributed by atoms with E-state index in [0.717, 1.165) is 0 Å². The molecule has 0 bridgehead atoms. The fourth-order valence-corrected chi connectivity index (χ4v) is 4.88. The smallest absolute Gasteiger partial charge is 0.239 e. The van der Waals surface area contributed by atoms with Crippen molar-refractivity contribution in [2.75, 3.05) is 13.2 Å². The van der Waals surface area contributed by atoms with Crippen LogP contribution in [0, 0.1) is 11.8 Å². The summed E-state index contributed by atoms with van der Waals surface area (Å²) in [5.41, 5.74) is 5.54. The lowest BCUT2D eigenvalue weighted by molar-refractivity contribution is -0.124. The molecule has 1 aliphatic rings. The van der Waals surface area contributed by atoms with Gasteiger partial charge in [-0.25, -0.2) is 8.42 Å². The molecule has 1 amide bonds. The van der Waals surface area contributed by atoms with Crippen molar-refractivity contribution >= 4 is 15.7 Å². The molecule has 1 saturated heterocycles. The predicted octanol–water partition coefficient (Wildman–Crippen LogP) is 1.68. The lowest BCUT2D eigenvalue weighted by Crippen LogP contribution is -2.55. The Balaban J connectivity index is 2.33. The number of nitrogens with two attached hydrogens (primary N) is 1. The van der Waals surface area contributed by atoms with Gasteiger partial charge in [0.05, 0.1) is 11.0 Å². The normalized spacial score (nSPS) is 23.4. The van der Waals surface area contributed by atoms with E-state index in [0.29, 0.717) is 12.2 Å². The maximum Gasteiger partial charge on any atom is 0.239 e. The Labute approximate surface area is 148 Å². The lowest BCUT2D eigenvalue weighted by Gasteiger charge is -2.37. The minimum absolute atomic E-state index is 0.0528. The van der Waals surface area contributed by atoms with Gasteiger partial charge in [-0.1, -0.05) is 12.8 Å². The van der Waals surface area contributed by atoms with Crippen molar-refractivity contribution in [2.45, 2.75) is 48.9 Å². The van der Waals surface area contributed by atoms with Crippen LogP contribution in [0.2, 0.25) is 0 Å². The molecule has 2 atom stereocenters. The molecule has 0 radical (unpaired) electrons. The summed E-state index contributed by atoms with van der Waals surface area (Å²) >= 11 is 0. The molecule has 136 valence electrons. The molecule has 1 heterocycles. The number of benzene rings is 1. The Morgan fingerprint density at radius 3 is 2.64 bits per heavy atom. The first-order chi connectivity index (χ1) is 11.9. The summed E-state index contributed by atoms with van der Waals surface area (Å²) in [7, 11) is -3.95. The maximum atomic E-state index is 13.2. The first-order valence-electron chi connectivity index (χ1n) is 8.16. The number of hydrogen-bond donors (Lipinski definition) is 1. The number of primary amides is 1. The topological polar surface area (TPSA) is 95.7 Å². The van der Waals surface area contributed by atoms with E-state index >= 15 is 0 Å². The van der Waals surface area contributed by atoms with Gasteiger partial charge in [0.25, 0.3) is 0 Å². The van der Waals surface area contributed by atoms with Gasteiger partial charge in [0.15, 0.2) is 14.6 Å². The molecule has 2 rings (SSSR count). The third kappa shape index (κ3) is 3.80. The minimum Gasteiger partial charge on any atom is -0.481 e. The first kappa shape index (κ1) is 19.3. The van der Waals surface area contributed by atoms with Gasteiger partial charge in [-0.15, -0.1) is 5.92 Å². The largest absolute Gasteiger partial charge is 0.481 e. The van der Waals surface area contributed by atoms with Crippen LogP contribution in [-0.2, 0) is 19.4 Å². The van der Waals surface area contributed by atoms with Gasteiger partial charge in [-0.2, -0.15) is 0 Å². The second-order valence-corrected chi connectivity index (χ2v) is 8.16. The lowest BCUT2D eigenvalue weighted by atomic mass is 9.92. The van der Waals surface area contributed by atoms with Crippen LogP contribution in [0.3, 0.4) is 0 Å². The standard InChI is InChI=1S/C18H23NO5S/c1-3-5-11-23-15-6-8-16(9-7-15)25(21,22)18(17(19)20)10-12-24-14(4-2)13-18/h6-9,14H,4,10-13H2,1-2H3,(H2,19,20). The van der Waals surface area contributed by atoms with Crippen LogP contribution in [0.15, 0.2) is 29.2 Å².